The monoisotopic (exact) mass is 263 g/mol. The molecule has 0 bridgehead atoms. The quantitative estimate of drug-likeness (QED) is 0.906. The van der Waals surface area contributed by atoms with Crippen molar-refractivity contribution in [3.8, 4) is 0 Å². The van der Waals surface area contributed by atoms with E-state index in [1.165, 1.54) is 0 Å². The van der Waals surface area contributed by atoms with Crippen LogP contribution in [0.15, 0.2) is 24.4 Å². The largest absolute Gasteiger partial charge is 0.322 e. The Morgan fingerprint density at radius 3 is 2.72 bits per heavy atom. The number of aromatic nitrogens is 2. The minimum atomic E-state index is -0.175. The Kier molecular flexibility index (Phi) is 3.39. The molecule has 1 aromatic carbocycles. The van der Waals surface area contributed by atoms with Crippen LogP contribution in [0.5, 0.6) is 0 Å². The number of hydrogen-bond donors (Lipinski definition) is 1. The highest BCUT2D eigenvalue weighted by atomic mass is 35.5. The number of rotatable bonds is 2. The van der Waals surface area contributed by atoms with Crippen LogP contribution in [-0.2, 0) is 7.05 Å². The van der Waals surface area contributed by atoms with Gasteiger partial charge in [0.05, 0.1) is 11.3 Å². The zero-order valence-electron chi connectivity index (χ0n) is 10.5. The Balaban J connectivity index is 2.26. The molecule has 2 rings (SSSR count). The summed E-state index contributed by atoms with van der Waals surface area (Å²) in [5, 5.41) is 7.58. The molecule has 0 aliphatic heterocycles. The summed E-state index contributed by atoms with van der Waals surface area (Å²) in [5.41, 5.74) is 2.96. The van der Waals surface area contributed by atoms with Crippen molar-refractivity contribution in [1.29, 1.82) is 0 Å². The molecule has 18 heavy (non-hydrogen) atoms. The van der Waals surface area contributed by atoms with E-state index >= 15 is 0 Å². The van der Waals surface area contributed by atoms with Crippen molar-refractivity contribution in [3.05, 3.63) is 46.2 Å². The van der Waals surface area contributed by atoms with Crippen molar-refractivity contribution in [2.24, 2.45) is 7.05 Å². The standard InChI is InChI=1S/C13H14ClN3O/c1-8-4-5-10(14)6-12(8)15-13(18)11-7-17(3)16-9(11)2/h4-7H,1-3H3,(H,15,18). The molecule has 0 saturated heterocycles. The summed E-state index contributed by atoms with van der Waals surface area (Å²) >= 11 is 5.91. The maximum Gasteiger partial charge on any atom is 0.259 e. The summed E-state index contributed by atoms with van der Waals surface area (Å²) in [6.45, 7) is 3.72. The molecular formula is C13H14ClN3O. The van der Waals surface area contributed by atoms with Crippen molar-refractivity contribution in [2.45, 2.75) is 13.8 Å². The number of anilines is 1. The molecule has 0 saturated carbocycles. The van der Waals surface area contributed by atoms with Gasteiger partial charge >= 0.3 is 0 Å². The van der Waals surface area contributed by atoms with Crippen LogP contribution in [0, 0.1) is 13.8 Å². The molecule has 0 radical (unpaired) electrons. The number of benzene rings is 1. The van der Waals surface area contributed by atoms with Gasteiger partial charge in [0.1, 0.15) is 0 Å². The highest BCUT2D eigenvalue weighted by molar-refractivity contribution is 6.31. The number of nitrogens with one attached hydrogen (secondary N) is 1. The Hall–Kier alpha value is -1.81. The number of halogens is 1. The average molecular weight is 264 g/mol. The molecule has 1 heterocycles. The third-order valence-corrected chi connectivity index (χ3v) is 2.94. The van der Waals surface area contributed by atoms with Gasteiger partial charge < -0.3 is 5.32 Å². The van der Waals surface area contributed by atoms with Gasteiger partial charge in [-0.25, -0.2) is 0 Å². The van der Waals surface area contributed by atoms with Crippen molar-refractivity contribution in [2.75, 3.05) is 5.32 Å². The topological polar surface area (TPSA) is 46.9 Å². The minimum Gasteiger partial charge on any atom is -0.322 e. The van der Waals surface area contributed by atoms with Gasteiger partial charge in [0, 0.05) is 24.0 Å². The number of carbonyl (C=O) groups is 1. The van der Waals surface area contributed by atoms with E-state index < -0.39 is 0 Å². The molecule has 0 spiro atoms. The molecule has 0 fully saturated rings. The molecule has 1 aromatic heterocycles. The normalized spacial score (nSPS) is 10.4. The summed E-state index contributed by atoms with van der Waals surface area (Å²) in [7, 11) is 1.79. The van der Waals surface area contributed by atoms with Crippen LogP contribution in [-0.4, -0.2) is 15.7 Å². The lowest BCUT2D eigenvalue weighted by atomic mass is 10.2. The highest BCUT2D eigenvalue weighted by Gasteiger charge is 2.13. The molecule has 1 amide bonds. The van der Waals surface area contributed by atoms with Crippen LogP contribution >= 0.6 is 11.6 Å². The van der Waals surface area contributed by atoms with Crippen molar-refractivity contribution < 1.29 is 4.79 Å². The fraction of sp³-hybridized carbons (Fsp3) is 0.231. The third kappa shape index (κ3) is 2.54. The SMILES string of the molecule is Cc1ccc(Cl)cc1NC(=O)c1cn(C)nc1C. The van der Waals surface area contributed by atoms with Gasteiger partial charge in [0.25, 0.3) is 5.91 Å². The second-order valence-electron chi connectivity index (χ2n) is 4.22. The fourth-order valence-corrected chi connectivity index (χ4v) is 1.91. The fourth-order valence-electron chi connectivity index (χ4n) is 1.74. The third-order valence-electron chi connectivity index (χ3n) is 2.71. The first-order chi connectivity index (χ1) is 8.47. The first kappa shape index (κ1) is 12.6. The summed E-state index contributed by atoms with van der Waals surface area (Å²) in [4.78, 5) is 12.1. The number of nitrogens with zero attached hydrogens (tertiary/aromatic N) is 2. The average Bonchev–Trinajstić information content (AvgIpc) is 2.63. The van der Waals surface area contributed by atoms with Crippen molar-refractivity contribution in [3.63, 3.8) is 0 Å². The zero-order chi connectivity index (χ0) is 13.3. The predicted molar refractivity (Wildman–Crippen MR) is 72.1 cm³/mol. The molecule has 0 aliphatic carbocycles. The van der Waals surface area contributed by atoms with E-state index in [-0.39, 0.29) is 5.91 Å². The maximum atomic E-state index is 12.1. The molecular weight excluding hydrogens is 250 g/mol. The highest BCUT2D eigenvalue weighted by Crippen LogP contribution is 2.21. The number of hydrogen-bond acceptors (Lipinski definition) is 2. The van der Waals surface area contributed by atoms with E-state index in [9.17, 15) is 4.79 Å². The van der Waals surface area contributed by atoms with E-state index in [2.05, 4.69) is 10.4 Å². The summed E-state index contributed by atoms with van der Waals surface area (Å²) < 4.78 is 1.62. The Morgan fingerprint density at radius 1 is 1.39 bits per heavy atom. The molecule has 94 valence electrons. The second kappa shape index (κ2) is 4.82. The summed E-state index contributed by atoms with van der Waals surface area (Å²) in [5.74, 6) is -0.175. The van der Waals surface area contributed by atoms with E-state index in [0.717, 1.165) is 11.3 Å². The minimum absolute atomic E-state index is 0.175. The van der Waals surface area contributed by atoms with E-state index in [4.69, 9.17) is 11.6 Å². The number of aryl methyl sites for hydroxylation is 3. The molecule has 5 heteroatoms. The molecule has 4 nitrogen and oxygen atoms in total. The lowest BCUT2D eigenvalue weighted by Gasteiger charge is -2.08. The molecule has 0 aliphatic rings. The lowest BCUT2D eigenvalue weighted by molar-refractivity contribution is 0.102. The van der Waals surface area contributed by atoms with Gasteiger partial charge in [0.2, 0.25) is 0 Å². The molecule has 2 aromatic rings. The van der Waals surface area contributed by atoms with Gasteiger partial charge in [-0.3, -0.25) is 9.48 Å². The predicted octanol–water partition coefficient (Wildman–Crippen LogP) is 2.94. The molecule has 1 N–H and O–H groups in total. The summed E-state index contributed by atoms with van der Waals surface area (Å²) in [6, 6.07) is 5.40. The maximum absolute atomic E-state index is 12.1. The van der Waals surface area contributed by atoms with Crippen molar-refractivity contribution >= 4 is 23.2 Å². The van der Waals surface area contributed by atoms with Gasteiger partial charge in [-0.05, 0) is 31.5 Å². The van der Waals surface area contributed by atoms with Gasteiger partial charge in [-0.1, -0.05) is 17.7 Å². The lowest BCUT2D eigenvalue weighted by Crippen LogP contribution is -2.13. The Morgan fingerprint density at radius 2 is 2.11 bits per heavy atom. The van der Waals surface area contributed by atoms with E-state index in [0.29, 0.717) is 16.3 Å². The first-order valence-electron chi connectivity index (χ1n) is 5.55. The van der Waals surface area contributed by atoms with Crippen LogP contribution in [0.25, 0.3) is 0 Å². The first-order valence-corrected chi connectivity index (χ1v) is 5.93. The summed E-state index contributed by atoms with van der Waals surface area (Å²) in [6.07, 6.45) is 1.70. The van der Waals surface area contributed by atoms with Crippen molar-refractivity contribution in [1.82, 2.24) is 9.78 Å². The molecule has 0 atom stereocenters. The zero-order valence-corrected chi connectivity index (χ0v) is 11.2. The smallest absolute Gasteiger partial charge is 0.259 e. The van der Waals surface area contributed by atoms with E-state index in [1.807, 2.05) is 13.0 Å². The number of amides is 1. The molecule has 0 unspecified atom stereocenters. The Bertz CT molecular complexity index is 604. The van der Waals surface area contributed by atoms with Gasteiger partial charge in [-0.2, -0.15) is 5.10 Å². The van der Waals surface area contributed by atoms with Crippen LogP contribution in [0.4, 0.5) is 5.69 Å². The van der Waals surface area contributed by atoms with Crippen LogP contribution in [0.3, 0.4) is 0 Å². The second-order valence-corrected chi connectivity index (χ2v) is 4.65. The van der Waals surface area contributed by atoms with Gasteiger partial charge in [-0.15, -0.1) is 0 Å². The van der Waals surface area contributed by atoms with Crippen LogP contribution < -0.4 is 5.32 Å². The van der Waals surface area contributed by atoms with Crippen LogP contribution in [0.2, 0.25) is 5.02 Å². The van der Waals surface area contributed by atoms with Crippen LogP contribution in [0.1, 0.15) is 21.6 Å². The van der Waals surface area contributed by atoms with E-state index in [1.54, 1.807) is 37.0 Å². The number of carbonyl (C=O) groups excluding carboxylic acids is 1. The van der Waals surface area contributed by atoms with Gasteiger partial charge in [0.15, 0.2) is 0 Å². The Labute approximate surface area is 111 Å².